The molecule has 5 heteroatoms. The van der Waals surface area contributed by atoms with E-state index in [2.05, 4.69) is 5.10 Å². The Labute approximate surface area is 75.9 Å². The Morgan fingerprint density at radius 3 is 3.00 bits per heavy atom. The zero-order valence-corrected chi connectivity index (χ0v) is 7.65. The number of rotatable bonds is 3. The van der Waals surface area contributed by atoms with Crippen molar-refractivity contribution in [1.29, 1.82) is 0 Å². The molecular formula is C8H12N2O3. The van der Waals surface area contributed by atoms with Crippen molar-refractivity contribution in [3.05, 3.63) is 17.5 Å². The van der Waals surface area contributed by atoms with Gasteiger partial charge in [0.1, 0.15) is 0 Å². The quantitative estimate of drug-likeness (QED) is 0.676. The highest BCUT2D eigenvalue weighted by Gasteiger charge is 2.15. The topological polar surface area (TPSA) is 64.3 Å². The van der Waals surface area contributed by atoms with Gasteiger partial charge >= 0.3 is 5.97 Å². The number of hydrogen-bond acceptors (Lipinski definition) is 4. The summed E-state index contributed by atoms with van der Waals surface area (Å²) in [5.41, 5.74) is 0.674. The summed E-state index contributed by atoms with van der Waals surface area (Å²) in [5, 5.41) is 12.8. The van der Waals surface area contributed by atoms with Gasteiger partial charge in [-0.25, -0.2) is 4.79 Å². The lowest BCUT2D eigenvalue weighted by atomic mass is 10.2. The Balaban J connectivity index is 2.91. The molecule has 0 fully saturated rings. The van der Waals surface area contributed by atoms with Gasteiger partial charge in [-0.05, 0) is 6.92 Å². The van der Waals surface area contributed by atoms with Crippen molar-refractivity contribution in [3.63, 3.8) is 0 Å². The smallest absolute Gasteiger partial charge is 0.359 e. The number of esters is 1. The summed E-state index contributed by atoms with van der Waals surface area (Å²) in [7, 11) is 1.68. The van der Waals surface area contributed by atoms with E-state index in [0.29, 0.717) is 12.2 Å². The van der Waals surface area contributed by atoms with Crippen molar-refractivity contribution < 1.29 is 14.6 Å². The maximum absolute atomic E-state index is 11.2. The van der Waals surface area contributed by atoms with Gasteiger partial charge in [-0.15, -0.1) is 0 Å². The maximum Gasteiger partial charge on any atom is 0.359 e. The third-order valence-electron chi connectivity index (χ3n) is 1.54. The van der Waals surface area contributed by atoms with E-state index in [9.17, 15) is 4.79 Å². The fourth-order valence-corrected chi connectivity index (χ4v) is 1.02. The molecule has 1 aromatic heterocycles. The standard InChI is InChI=1S/C8H12N2O3/c1-3-13-8(12)7-6(5-11)4-10(2)9-7/h4,11H,3,5H2,1-2H3. The molecule has 0 aliphatic carbocycles. The molecule has 13 heavy (non-hydrogen) atoms. The van der Waals surface area contributed by atoms with E-state index in [4.69, 9.17) is 9.84 Å². The minimum absolute atomic E-state index is 0.187. The zero-order valence-electron chi connectivity index (χ0n) is 7.65. The van der Waals surface area contributed by atoms with Crippen LogP contribution < -0.4 is 0 Å². The molecular weight excluding hydrogens is 172 g/mol. The Morgan fingerprint density at radius 1 is 1.77 bits per heavy atom. The van der Waals surface area contributed by atoms with Crippen LogP contribution in [-0.4, -0.2) is 27.5 Å². The van der Waals surface area contributed by atoms with Gasteiger partial charge in [-0.2, -0.15) is 5.10 Å². The molecule has 0 bridgehead atoms. The molecule has 0 saturated heterocycles. The lowest BCUT2D eigenvalue weighted by Crippen LogP contribution is -2.08. The summed E-state index contributed by atoms with van der Waals surface area (Å²) in [6.07, 6.45) is 1.59. The first kappa shape index (κ1) is 9.73. The van der Waals surface area contributed by atoms with E-state index in [0.717, 1.165) is 0 Å². The molecule has 1 heterocycles. The van der Waals surface area contributed by atoms with Gasteiger partial charge in [0.15, 0.2) is 5.69 Å². The van der Waals surface area contributed by atoms with Crippen molar-refractivity contribution in [3.8, 4) is 0 Å². The molecule has 0 radical (unpaired) electrons. The number of aliphatic hydroxyl groups excluding tert-OH is 1. The zero-order chi connectivity index (χ0) is 9.84. The van der Waals surface area contributed by atoms with E-state index < -0.39 is 5.97 Å². The molecule has 0 aliphatic rings. The largest absolute Gasteiger partial charge is 0.461 e. The summed E-state index contributed by atoms with van der Waals surface area (Å²) in [4.78, 5) is 11.2. The van der Waals surface area contributed by atoms with Crippen LogP contribution in [0.2, 0.25) is 0 Å². The fraction of sp³-hybridized carbons (Fsp3) is 0.500. The van der Waals surface area contributed by atoms with Gasteiger partial charge < -0.3 is 9.84 Å². The highest BCUT2D eigenvalue weighted by atomic mass is 16.5. The van der Waals surface area contributed by atoms with Crippen LogP contribution in [0.5, 0.6) is 0 Å². The lowest BCUT2D eigenvalue weighted by Gasteiger charge is -1.98. The molecule has 0 unspecified atom stereocenters. The summed E-state index contributed by atoms with van der Waals surface area (Å²) in [5.74, 6) is -0.493. The Hall–Kier alpha value is -1.36. The Bertz CT molecular complexity index is 306. The van der Waals surface area contributed by atoms with Crippen molar-refractivity contribution in [2.75, 3.05) is 6.61 Å². The van der Waals surface area contributed by atoms with Gasteiger partial charge in [0.05, 0.1) is 13.2 Å². The van der Waals surface area contributed by atoms with Crippen LogP contribution in [0.1, 0.15) is 23.0 Å². The van der Waals surface area contributed by atoms with Crippen LogP contribution in [0.3, 0.4) is 0 Å². The molecule has 1 N–H and O–H groups in total. The highest BCUT2D eigenvalue weighted by molar-refractivity contribution is 5.88. The van der Waals surface area contributed by atoms with Crippen LogP contribution in [-0.2, 0) is 18.4 Å². The normalized spacial score (nSPS) is 10.1. The average Bonchev–Trinajstić information content (AvgIpc) is 2.47. The highest BCUT2D eigenvalue weighted by Crippen LogP contribution is 2.07. The Morgan fingerprint density at radius 2 is 2.46 bits per heavy atom. The van der Waals surface area contributed by atoms with Gasteiger partial charge in [0.2, 0.25) is 0 Å². The number of aromatic nitrogens is 2. The average molecular weight is 184 g/mol. The first-order chi connectivity index (χ1) is 6.19. The molecule has 72 valence electrons. The van der Waals surface area contributed by atoms with Gasteiger partial charge in [0.25, 0.3) is 0 Å². The SMILES string of the molecule is CCOC(=O)c1nn(C)cc1CO. The summed E-state index contributed by atoms with van der Waals surface area (Å²) >= 11 is 0. The van der Waals surface area contributed by atoms with Crippen LogP contribution in [0.15, 0.2) is 6.20 Å². The number of aryl methyl sites for hydroxylation is 1. The monoisotopic (exact) mass is 184 g/mol. The van der Waals surface area contributed by atoms with Gasteiger partial charge in [-0.3, -0.25) is 4.68 Å². The molecule has 0 atom stereocenters. The second-order valence-electron chi connectivity index (χ2n) is 2.56. The molecule has 0 aliphatic heterocycles. The molecule has 1 aromatic rings. The van der Waals surface area contributed by atoms with Crippen LogP contribution >= 0.6 is 0 Å². The van der Waals surface area contributed by atoms with E-state index in [1.165, 1.54) is 4.68 Å². The van der Waals surface area contributed by atoms with E-state index in [-0.39, 0.29) is 12.3 Å². The number of nitrogens with zero attached hydrogens (tertiary/aromatic N) is 2. The maximum atomic E-state index is 11.2. The van der Waals surface area contributed by atoms with E-state index in [1.54, 1.807) is 20.2 Å². The summed E-state index contributed by atoms with van der Waals surface area (Å²) in [6, 6.07) is 0. The predicted molar refractivity (Wildman–Crippen MR) is 45.1 cm³/mol. The number of hydrogen-bond donors (Lipinski definition) is 1. The molecule has 0 saturated carbocycles. The first-order valence-corrected chi connectivity index (χ1v) is 3.99. The molecule has 5 nitrogen and oxygen atoms in total. The van der Waals surface area contributed by atoms with Crippen LogP contribution in [0.4, 0.5) is 0 Å². The fourth-order valence-electron chi connectivity index (χ4n) is 1.02. The molecule has 1 rings (SSSR count). The molecule has 0 aromatic carbocycles. The predicted octanol–water partition coefficient (Wildman–Crippen LogP) is 0.0891. The Kier molecular flexibility index (Phi) is 3.02. The van der Waals surface area contributed by atoms with Crippen molar-refractivity contribution in [2.45, 2.75) is 13.5 Å². The van der Waals surface area contributed by atoms with Crippen molar-refractivity contribution in [1.82, 2.24) is 9.78 Å². The van der Waals surface area contributed by atoms with E-state index in [1.807, 2.05) is 0 Å². The molecule has 0 amide bonds. The second kappa shape index (κ2) is 4.04. The third kappa shape index (κ3) is 2.06. The summed E-state index contributed by atoms with van der Waals surface area (Å²) in [6.45, 7) is 1.82. The number of carbonyl (C=O) groups is 1. The lowest BCUT2D eigenvalue weighted by molar-refractivity contribution is 0.0515. The number of aliphatic hydroxyl groups is 1. The summed E-state index contributed by atoms with van der Waals surface area (Å²) < 4.78 is 6.23. The van der Waals surface area contributed by atoms with Gasteiger partial charge in [-0.1, -0.05) is 0 Å². The van der Waals surface area contributed by atoms with Crippen molar-refractivity contribution >= 4 is 5.97 Å². The van der Waals surface area contributed by atoms with Crippen LogP contribution in [0, 0.1) is 0 Å². The second-order valence-corrected chi connectivity index (χ2v) is 2.56. The van der Waals surface area contributed by atoms with E-state index >= 15 is 0 Å². The van der Waals surface area contributed by atoms with Crippen molar-refractivity contribution in [2.24, 2.45) is 7.05 Å². The number of carbonyl (C=O) groups excluding carboxylic acids is 1. The third-order valence-corrected chi connectivity index (χ3v) is 1.54. The van der Waals surface area contributed by atoms with Crippen LogP contribution in [0.25, 0.3) is 0 Å². The minimum Gasteiger partial charge on any atom is -0.461 e. The molecule has 0 spiro atoms. The van der Waals surface area contributed by atoms with Gasteiger partial charge in [0, 0.05) is 18.8 Å². The first-order valence-electron chi connectivity index (χ1n) is 3.99. The minimum atomic E-state index is -0.493. The number of ether oxygens (including phenoxy) is 1.